The number of ether oxygens (including phenoxy) is 1. The molecule has 1 heterocycles. The maximum absolute atomic E-state index is 11.1. The first-order chi connectivity index (χ1) is 11.2. The molecule has 0 unspecified atom stereocenters. The van der Waals surface area contributed by atoms with Crippen LogP contribution in [0.3, 0.4) is 0 Å². The van der Waals surface area contributed by atoms with Gasteiger partial charge in [0, 0.05) is 29.9 Å². The predicted octanol–water partition coefficient (Wildman–Crippen LogP) is 2.68. The number of nitrogens with zero attached hydrogens (tertiary/aromatic N) is 1. The average molecular weight is 307 g/mol. The first-order valence-electron chi connectivity index (χ1n) is 7.30. The molecule has 0 aliphatic heterocycles. The highest BCUT2D eigenvalue weighted by Gasteiger charge is 2.06. The van der Waals surface area contributed by atoms with Crippen molar-refractivity contribution in [3.05, 3.63) is 83.4 Å². The summed E-state index contributed by atoms with van der Waals surface area (Å²) in [6.07, 6.45) is 4.22. The molecule has 0 bridgehead atoms. The van der Waals surface area contributed by atoms with Gasteiger partial charge in [0.1, 0.15) is 18.2 Å². The highest BCUT2D eigenvalue weighted by atomic mass is 16.5. The van der Waals surface area contributed by atoms with Crippen molar-refractivity contribution in [1.29, 1.82) is 0 Å². The minimum atomic E-state index is -0.429. The zero-order valence-corrected chi connectivity index (χ0v) is 12.5. The Morgan fingerprint density at radius 1 is 1.13 bits per heavy atom. The molecule has 1 amide bonds. The molecule has 0 radical (unpaired) electrons. The number of hydrogen-bond donors (Lipinski definition) is 2. The Balaban J connectivity index is 1.69. The molecule has 0 aliphatic rings. The van der Waals surface area contributed by atoms with Crippen LogP contribution in [0.25, 0.3) is 0 Å². The van der Waals surface area contributed by atoms with Crippen LogP contribution in [-0.4, -0.2) is 15.9 Å². The zero-order chi connectivity index (χ0) is 16.1. The number of carbonyl (C=O) groups excluding carboxylic acids is 1. The summed E-state index contributed by atoms with van der Waals surface area (Å²) < 4.78 is 5.91. The van der Waals surface area contributed by atoms with Crippen molar-refractivity contribution in [2.45, 2.75) is 13.0 Å². The molecule has 116 valence electrons. The molecule has 5 nitrogen and oxygen atoms in total. The first kappa shape index (κ1) is 14.8. The number of benzene rings is 2. The van der Waals surface area contributed by atoms with Crippen molar-refractivity contribution >= 4 is 5.91 Å². The van der Waals surface area contributed by atoms with Gasteiger partial charge in [-0.15, -0.1) is 0 Å². The van der Waals surface area contributed by atoms with E-state index in [0.717, 1.165) is 22.7 Å². The summed E-state index contributed by atoms with van der Waals surface area (Å²) in [7, 11) is 0. The van der Waals surface area contributed by atoms with Gasteiger partial charge in [-0.25, -0.2) is 4.98 Å². The van der Waals surface area contributed by atoms with E-state index in [0.29, 0.717) is 18.6 Å². The lowest BCUT2D eigenvalue weighted by Crippen LogP contribution is -2.10. The minimum Gasteiger partial charge on any atom is -0.489 e. The number of primary amides is 1. The lowest BCUT2D eigenvalue weighted by atomic mass is 10.1. The normalized spacial score (nSPS) is 10.4. The van der Waals surface area contributed by atoms with Gasteiger partial charge in [0.05, 0.1) is 0 Å². The number of hydrogen-bond acceptors (Lipinski definition) is 3. The van der Waals surface area contributed by atoms with Crippen LogP contribution in [0.4, 0.5) is 0 Å². The van der Waals surface area contributed by atoms with E-state index in [4.69, 9.17) is 10.5 Å². The monoisotopic (exact) mass is 307 g/mol. The second-order valence-corrected chi connectivity index (χ2v) is 5.17. The van der Waals surface area contributed by atoms with E-state index in [1.54, 1.807) is 24.5 Å². The molecule has 1 aromatic heterocycles. The minimum absolute atomic E-state index is 0.425. The van der Waals surface area contributed by atoms with Crippen molar-refractivity contribution in [1.82, 2.24) is 9.97 Å². The first-order valence-corrected chi connectivity index (χ1v) is 7.30. The second kappa shape index (κ2) is 6.79. The fourth-order valence-electron chi connectivity index (χ4n) is 2.29. The van der Waals surface area contributed by atoms with Gasteiger partial charge < -0.3 is 15.5 Å². The summed E-state index contributed by atoms with van der Waals surface area (Å²) in [5.41, 5.74) is 7.77. The van der Waals surface area contributed by atoms with Crippen molar-refractivity contribution in [2.24, 2.45) is 5.73 Å². The number of nitrogens with one attached hydrogen (secondary N) is 1. The second-order valence-electron chi connectivity index (χ2n) is 5.17. The highest BCUT2D eigenvalue weighted by molar-refractivity contribution is 5.92. The summed E-state index contributed by atoms with van der Waals surface area (Å²) >= 11 is 0. The largest absolute Gasteiger partial charge is 0.489 e. The number of rotatable bonds is 6. The smallest absolute Gasteiger partial charge is 0.248 e. The third kappa shape index (κ3) is 3.77. The van der Waals surface area contributed by atoms with Crippen molar-refractivity contribution in [3.63, 3.8) is 0 Å². The Morgan fingerprint density at radius 3 is 2.61 bits per heavy atom. The lowest BCUT2D eigenvalue weighted by Gasteiger charge is -2.11. The Kier molecular flexibility index (Phi) is 4.38. The predicted molar refractivity (Wildman–Crippen MR) is 87.1 cm³/mol. The molecule has 0 aliphatic carbocycles. The van der Waals surface area contributed by atoms with E-state index in [9.17, 15) is 4.79 Å². The van der Waals surface area contributed by atoms with Crippen LogP contribution in [0.2, 0.25) is 0 Å². The summed E-state index contributed by atoms with van der Waals surface area (Å²) in [4.78, 5) is 18.4. The molecule has 5 heteroatoms. The SMILES string of the molecule is NC(=O)c1ccc(COc2ccccc2Cc2ncc[nH]2)cc1. The summed E-state index contributed by atoms with van der Waals surface area (Å²) in [6.45, 7) is 0.425. The molecule has 0 spiro atoms. The molecular formula is C18H17N3O2. The number of carbonyl (C=O) groups is 1. The van der Waals surface area contributed by atoms with Crippen LogP contribution in [0.15, 0.2) is 60.9 Å². The van der Waals surface area contributed by atoms with Gasteiger partial charge in [-0.05, 0) is 23.8 Å². The summed E-state index contributed by atoms with van der Waals surface area (Å²) in [5.74, 6) is 1.29. The van der Waals surface area contributed by atoms with Crippen molar-refractivity contribution < 1.29 is 9.53 Å². The molecule has 2 aromatic carbocycles. The third-order valence-corrected chi connectivity index (χ3v) is 3.52. The van der Waals surface area contributed by atoms with Gasteiger partial charge in [-0.2, -0.15) is 0 Å². The van der Waals surface area contributed by atoms with Crippen LogP contribution in [0, 0.1) is 0 Å². The van der Waals surface area contributed by atoms with Gasteiger partial charge in [0.25, 0.3) is 0 Å². The van der Waals surface area contributed by atoms with E-state index < -0.39 is 5.91 Å². The van der Waals surface area contributed by atoms with Gasteiger partial charge in [0.15, 0.2) is 0 Å². The van der Waals surface area contributed by atoms with E-state index in [1.807, 2.05) is 36.4 Å². The molecular weight excluding hydrogens is 290 g/mol. The Labute approximate surface area is 134 Å². The Morgan fingerprint density at radius 2 is 1.91 bits per heavy atom. The van der Waals surface area contributed by atoms with E-state index >= 15 is 0 Å². The molecule has 3 N–H and O–H groups in total. The van der Waals surface area contributed by atoms with E-state index in [2.05, 4.69) is 9.97 Å². The number of nitrogens with two attached hydrogens (primary N) is 1. The van der Waals surface area contributed by atoms with Gasteiger partial charge in [-0.1, -0.05) is 30.3 Å². The molecule has 3 aromatic rings. The van der Waals surface area contributed by atoms with Crippen LogP contribution in [0.5, 0.6) is 5.75 Å². The number of imidazole rings is 1. The van der Waals surface area contributed by atoms with Gasteiger partial charge >= 0.3 is 0 Å². The molecule has 3 rings (SSSR count). The molecule has 0 atom stereocenters. The third-order valence-electron chi connectivity index (χ3n) is 3.52. The van der Waals surface area contributed by atoms with Crippen LogP contribution >= 0.6 is 0 Å². The molecule has 23 heavy (non-hydrogen) atoms. The molecule has 0 saturated carbocycles. The highest BCUT2D eigenvalue weighted by Crippen LogP contribution is 2.21. The average Bonchev–Trinajstić information content (AvgIpc) is 3.07. The Bertz CT molecular complexity index is 780. The van der Waals surface area contributed by atoms with Crippen molar-refractivity contribution in [3.8, 4) is 5.75 Å². The van der Waals surface area contributed by atoms with Crippen molar-refractivity contribution in [2.75, 3.05) is 0 Å². The molecule has 0 saturated heterocycles. The fraction of sp³-hybridized carbons (Fsp3) is 0.111. The van der Waals surface area contributed by atoms with E-state index in [-0.39, 0.29) is 0 Å². The standard InChI is InChI=1S/C18H17N3O2/c19-18(22)14-7-5-13(6-8-14)12-23-16-4-2-1-3-15(16)11-17-20-9-10-21-17/h1-10H,11-12H2,(H2,19,22)(H,20,21). The number of aromatic nitrogens is 2. The van der Waals surface area contributed by atoms with Crippen LogP contribution < -0.4 is 10.5 Å². The topological polar surface area (TPSA) is 81.0 Å². The number of H-pyrrole nitrogens is 1. The maximum atomic E-state index is 11.1. The molecule has 0 fully saturated rings. The summed E-state index contributed by atoms with van der Waals surface area (Å²) in [5, 5.41) is 0. The Hall–Kier alpha value is -3.08. The number of amides is 1. The maximum Gasteiger partial charge on any atom is 0.248 e. The summed E-state index contributed by atoms with van der Waals surface area (Å²) in [6, 6.07) is 15.0. The quantitative estimate of drug-likeness (QED) is 0.734. The number of aromatic amines is 1. The van der Waals surface area contributed by atoms with Crippen LogP contribution in [0.1, 0.15) is 27.3 Å². The lowest BCUT2D eigenvalue weighted by molar-refractivity contribution is 0.1000. The number of para-hydroxylation sites is 1. The van der Waals surface area contributed by atoms with Gasteiger partial charge in [0.2, 0.25) is 5.91 Å². The van der Waals surface area contributed by atoms with E-state index in [1.165, 1.54) is 0 Å². The van der Waals surface area contributed by atoms with Crippen LogP contribution in [-0.2, 0) is 13.0 Å². The zero-order valence-electron chi connectivity index (χ0n) is 12.5. The fourth-order valence-corrected chi connectivity index (χ4v) is 2.29. The van der Waals surface area contributed by atoms with Gasteiger partial charge in [-0.3, -0.25) is 4.79 Å².